The number of pyridine rings is 1. The van der Waals surface area contributed by atoms with Gasteiger partial charge in [-0.05, 0) is 60.7 Å². The van der Waals surface area contributed by atoms with Crippen molar-refractivity contribution in [2.75, 3.05) is 7.11 Å². The summed E-state index contributed by atoms with van der Waals surface area (Å²) in [5.41, 5.74) is 6.40. The highest BCUT2D eigenvalue weighted by Crippen LogP contribution is 2.25. The molecule has 32 heavy (non-hydrogen) atoms. The lowest BCUT2D eigenvalue weighted by Gasteiger charge is -2.15. The molecule has 0 bridgehead atoms. The Morgan fingerprint density at radius 3 is 2.22 bits per heavy atom. The maximum atomic E-state index is 13.0. The molecule has 0 fully saturated rings. The molecule has 9 heteroatoms. The van der Waals surface area contributed by atoms with Crippen molar-refractivity contribution >= 4 is 17.8 Å². The minimum atomic E-state index is -1.21. The van der Waals surface area contributed by atoms with Gasteiger partial charge in [-0.15, -0.1) is 0 Å². The fourth-order valence-corrected chi connectivity index (χ4v) is 2.82. The van der Waals surface area contributed by atoms with Crippen LogP contribution in [0.4, 0.5) is 4.39 Å². The Labute approximate surface area is 183 Å². The maximum Gasteiger partial charge on any atom is 0.328 e. The van der Waals surface area contributed by atoms with Crippen LogP contribution in [0, 0.1) is 5.82 Å². The summed E-state index contributed by atoms with van der Waals surface area (Å²) in [6.45, 7) is 0. The molecule has 2 amide bonds. The zero-order chi connectivity index (χ0) is 23.1. The van der Waals surface area contributed by atoms with Gasteiger partial charge in [-0.3, -0.25) is 9.59 Å². The molecule has 0 aliphatic heterocycles. The van der Waals surface area contributed by atoms with Gasteiger partial charge in [-0.25, -0.2) is 14.2 Å². The third kappa shape index (κ3) is 5.88. The fraction of sp³-hybridized carbons (Fsp3) is 0.130. The number of carbonyl (C=O) groups is 3. The molecule has 0 aliphatic carbocycles. The third-order valence-electron chi connectivity index (χ3n) is 4.38. The number of benzene rings is 2. The van der Waals surface area contributed by atoms with E-state index < -0.39 is 30.2 Å². The fourth-order valence-electron chi connectivity index (χ4n) is 2.82. The van der Waals surface area contributed by atoms with Crippen LogP contribution in [-0.4, -0.2) is 35.9 Å². The van der Waals surface area contributed by atoms with Crippen molar-refractivity contribution in [3.63, 3.8) is 0 Å². The molecule has 2 aromatic carbocycles. The number of carbonyl (C=O) groups excluding carboxylic acids is 3. The summed E-state index contributed by atoms with van der Waals surface area (Å²) < 4.78 is 23.3. The van der Waals surface area contributed by atoms with Gasteiger partial charge in [0.2, 0.25) is 5.91 Å². The van der Waals surface area contributed by atoms with E-state index in [1.54, 1.807) is 36.4 Å². The lowest BCUT2D eigenvalue weighted by Crippen LogP contribution is -2.44. The lowest BCUT2D eigenvalue weighted by molar-refractivity contribution is -0.144. The van der Waals surface area contributed by atoms with E-state index in [0.29, 0.717) is 22.8 Å². The summed E-state index contributed by atoms with van der Waals surface area (Å²) in [5.74, 6) is -1.51. The number of amides is 2. The smallest absolute Gasteiger partial charge is 0.328 e. The summed E-state index contributed by atoms with van der Waals surface area (Å²) in [5, 5.41) is 2.41. The number of methoxy groups -OCH3 is 1. The highest BCUT2D eigenvalue weighted by Gasteiger charge is 2.24. The topological polar surface area (TPSA) is 121 Å². The first-order valence-corrected chi connectivity index (χ1v) is 9.53. The highest BCUT2D eigenvalue weighted by molar-refractivity contribution is 5.96. The number of esters is 1. The lowest BCUT2D eigenvalue weighted by atomic mass is 10.1. The van der Waals surface area contributed by atoms with Gasteiger partial charge in [0.15, 0.2) is 0 Å². The first-order valence-electron chi connectivity index (χ1n) is 9.53. The molecular weight excluding hydrogens is 417 g/mol. The third-order valence-corrected chi connectivity index (χ3v) is 4.38. The number of nitrogens with zero attached hydrogens (tertiary/aromatic N) is 1. The van der Waals surface area contributed by atoms with Crippen LogP contribution in [0.1, 0.15) is 16.9 Å². The van der Waals surface area contributed by atoms with Gasteiger partial charge in [-0.1, -0.05) is 6.07 Å². The number of aromatic nitrogens is 1. The Morgan fingerprint density at radius 2 is 1.62 bits per heavy atom. The van der Waals surface area contributed by atoms with Crippen molar-refractivity contribution in [2.24, 2.45) is 5.73 Å². The monoisotopic (exact) mass is 437 g/mol. The van der Waals surface area contributed by atoms with Gasteiger partial charge in [-0.2, -0.15) is 0 Å². The molecule has 8 nitrogen and oxygen atoms in total. The Balaban J connectivity index is 1.73. The first kappa shape index (κ1) is 22.4. The molecule has 3 N–H and O–H groups in total. The van der Waals surface area contributed by atoms with E-state index in [2.05, 4.69) is 15.0 Å². The van der Waals surface area contributed by atoms with Gasteiger partial charge in [0, 0.05) is 5.56 Å². The summed E-state index contributed by atoms with van der Waals surface area (Å²) in [4.78, 5) is 39.8. The van der Waals surface area contributed by atoms with Gasteiger partial charge in [0.1, 0.15) is 29.1 Å². The Bertz CT molecular complexity index is 1120. The number of nitrogens with one attached hydrogen (secondary N) is 1. The van der Waals surface area contributed by atoms with Gasteiger partial charge in [0.25, 0.3) is 5.91 Å². The van der Waals surface area contributed by atoms with Crippen LogP contribution in [0.2, 0.25) is 0 Å². The molecule has 0 radical (unpaired) electrons. The van der Waals surface area contributed by atoms with Crippen molar-refractivity contribution in [1.82, 2.24) is 10.3 Å². The predicted octanol–water partition coefficient (Wildman–Crippen LogP) is 2.83. The van der Waals surface area contributed by atoms with Crippen molar-refractivity contribution in [3.8, 4) is 22.8 Å². The van der Waals surface area contributed by atoms with Crippen molar-refractivity contribution in [3.05, 3.63) is 78.2 Å². The molecule has 3 aromatic rings. The molecule has 1 unspecified atom stereocenters. The number of primary amides is 1. The molecule has 0 saturated carbocycles. The summed E-state index contributed by atoms with van der Waals surface area (Å²) in [6, 6.07) is 16.2. The van der Waals surface area contributed by atoms with E-state index >= 15 is 0 Å². The molecule has 1 atom stereocenters. The molecule has 0 aliphatic rings. The normalized spacial score (nSPS) is 11.3. The van der Waals surface area contributed by atoms with E-state index in [-0.39, 0.29) is 11.5 Å². The molecule has 0 saturated heterocycles. The molecule has 1 aromatic heterocycles. The van der Waals surface area contributed by atoms with Crippen LogP contribution in [-0.2, 0) is 14.3 Å². The van der Waals surface area contributed by atoms with E-state index in [4.69, 9.17) is 10.5 Å². The first-order chi connectivity index (χ1) is 15.4. The second-order valence-corrected chi connectivity index (χ2v) is 6.71. The molecule has 164 valence electrons. The molecule has 0 spiro atoms. The summed E-state index contributed by atoms with van der Waals surface area (Å²) in [7, 11) is 1.14. The number of hydrogen-bond acceptors (Lipinski definition) is 6. The second kappa shape index (κ2) is 10.2. The largest absolute Gasteiger partial charge is 0.467 e. The van der Waals surface area contributed by atoms with E-state index in [9.17, 15) is 18.8 Å². The maximum absolute atomic E-state index is 13.0. The number of nitrogens with two attached hydrogens (primary N) is 1. The molecular formula is C23H20FN3O5. The molecule has 1 heterocycles. The number of hydrogen-bond donors (Lipinski definition) is 2. The minimum absolute atomic E-state index is 0.0486. The Kier molecular flexibility index (Phi) is 7.12. The average Bonchev–Trinajstić information content (AvgIpc) is 2.80. The minimum Gasteiger partial charge on any atom is -0.467 e. The Morgan fingerprint density at radius 1 is 1.00 bits per heavy atom. The predicted molar refractivity (Wildman–Crippen MR) is 113 cm³/mol. The number of rotatable bonds is 8. The standard InChI is InChI=1S/C23H20FN3O5/c1-31-23(30)20(13-21(25)28)27-22(29)19-4-2-3-18(26-19)14-5-9-16(10-6-14)32-17-11-7-15(24)8-12-17/h2-12,20H,13H2,1H3,(H2,25,28)(H,27,29). The van der Waals surface area contributed by atoms with Crippen LogP contribution >= 0.6 is 0 Å². The van der Waals surface area contributed by atoms with Crippen LogP contribution in [0.15, 0.2) is 66.7 Å². The van der Waals surface area contributed by atoms with E-state index in [1.165, 1.54) is 30.3 Å². The van der Waals surface area contributed by atoms with E-state index in [1.807, 2.05) is 0 Å². The van der Waals surface area contributed by atoms with E-state index in [0.717, 1.165) is 7.11 Å². The van der Waals surface area contributed by atoms with Gasteiger partial charge >= 0.3 is 5.97 Å². The van der Waals surface area contributed by atoms with Crippen LogP contribution in [0.5, 0.6) is 11.5 Å². The number of ether oxygens (including phenoxy) is 2. The quantitative estimate of drug-likeness (QED) is 0.523. The average molecular weight is 437 g/mol. The Hall–Kier alpha value is -4.27. The number of halogens is 1. The van der Waals surface area contributed by atoms with Gasteiger partial charge < -0.3 is 20.5 Å². The zero-order valence-electron chi connectivity index (χ0n) is 17.1. The zero-order valence-corrected chi connectivity index (χ0v) is 17.1. The van der Waals surface area contributed by atoms with Crippen molar-refractivity contribution in [1.29, 1.82) is 0 Å². The summed E-state index contributed by atoms with van der Waals surface area (Å²) >= 11 is 0. The summed E-state index contributed by atoms with van der Waals surface area (Å²) in [6.07, 6.45) is -0.395. The van der Waals surface area contributed by atoms with Crippen LogP contribution in [0.3, 0.4) is 0 Å². The van der Waals surface area contributed by atoms with Crippen molar-refractivity contribution < 1.29 is 28.2 Å². The van der Waals surface area contributed by atoms with Crippen LogP contribution in [0.25, 0.3) is 11.3 Å². The SMILES string of the molecule is COC(=O)C(CC(N)=O)NC(=O)c1cccc(-c2ccc(Oc3ccc(F)cc3)cc2)n1. The second-order valence-electron chi connectivity index (χ2n) is 6.71. The van der Waals surface area contributed by atoms with Crippen molar-refractivity contribution in [2.45, 2.75) is 12.5 Å². The highest BCUT2D eigenvalue weighted by atomic mass is 19.1. The van der Waals surface area contributed by atoms with Crippen LogP contribution < -0.4 is 15.8 Å². The molecule has 3 rings (SSSR count). The van der Waals surface area contributed by atoms with Gasteiger partial charge in [0.05, 0.1) is 19.2 Å².